The first-order chi connectivity index (χ1) is 7.45. The Balaban J connectivity index is 3.90. The first-order valence-electron chi connectivity index (χ1n) is 5.24. The fourth-order valence-electron chi connectivity index (χ4n) is 1.38. The fraction of sp³-hybridized carbons (Fsp3) is 1.00. The molecule has 0 fully saturated rings. The number of hydrogen-bond acceptors (Lipinski definition) is 4. The summed E-state index contributed by atoms with van der Waals surface area (Å²) in [7, 11) is -5.83. The van der Waals surface area contributed by atoms with E-state index >= 15 is 0 Å². The van der Waals surface area contributed by atoms with Gasteiger partial charge in [-0.05, 0) is 26.2 Å². The van der Waals surface area contributed by atoms with Crippen molar-refractivity contribution < 1.29 is 28.0 Å². The molecule has 0 rings (SSSR count). The van der Waals surface area contributed by atoms with E-state index in [0.717, 1.165) is 6.42 Å². The van der Waals surface area contributed by atoms with Gasteiger partial charge < -0.3 is 18.8 Å². The van der Waals surface area contributed by atoms with Crippen LogP contribution in [0.1, 0.15) is 39.5 Å². The molecular formula is C8H20O6P2. The topological polar surface area (TPSA) is 93.1 Å². The van der Waals surface area contributed by atoms with E-state index in [-0.39, 0.29) is 12.2 Å². The van der Waals surface area contributed by atoms with Crippen LogP contribution in [0.4, 0.5) is 0 Å². The molecule has 0 radical (unpaired) electrons. The minimum absolute atomic E-state index is 0.284. The van der Waals surface area contributed by atoms with Gasteiger partial charge in [-0.3, -0.25) is 9.13 Å². The predicted molar refractivity (Wildman–Crippen MR) is 62.0 cm³/mol. The molecule has 6 nitrogen and oxygen atoms in total. The Morgan fingerprint density at radius 2 is 1.62 bits per heavy atom. The van der Waals surface area contributed by atoms with Crippen molar-refractivity contribution in [3.63, 3.8) is 0 Å². The summed E-state index contributed by atoms with van der Waals surface area (Å²) in [6, 6.07) is 0. The van der Waals surface area contributed by atoms with Crippen LogP contribution in [0.2, 0.25) is 0 Å². The van der Waals surface area contributed by atoms with E-state index in [1.807, 2.05) is 6.92 Å². The quantitative estimate of drug-likeness (QED) is 0.625. The molecule has 2 unspecified atom stereocenters. The molecule has 0 bridgehead atoms. The monoisotopic (exact) mass is 274 g/mol. The highest BCUT2D eigenvalue weighted by Crippen LogP contribution is 2.26. The molecule has 98 valence electrons. The van der Waals surface area contributed by atoms with Crippen molar-refractivity contribution >= 4 is 16.5 Å². The molecule has 0 aromatic rings. The van der Waals surface area contributed by atoms with Gasteiger partial charge in [0, 0.05) is 0 Å². The SMILES string of the molecule is CCC[C@H](CC[C@H](C)O[PH](=O)O)O[PH](=O)O. The second kappa shape index (κ2) is 9.34. The summed E-state index contributed by atoms with van der Waals surface area (Å²) in [6.07, 6.45) is 1.98. The average Bonchev–Trinajstić information content (AvgIpc) is 2.12. The molecular weight excluding hydrogens is 254 g/mol. The number of rotatable bonds is 9. The highest BCUT2D eigenvalue weighted by atomic mass is 31.1. The minimum Gasteiger partial charge on any atom is -0.326 e. The zero-order valence-electron chi connectivity index (χ0n) is 9.51. The van der Waals surface area contributed by atoms with Crippen molar-refractivity contribution in [1.82, 2.24) is 0 Å². The van der Waals surface area contributed by atoms with Crippen molar-refractivity contribution in [1.29, 1.82) is 0 Å². The molecule has 0 aromatic heterocycles. The van der Waals surface area contributed by atoms with Gasteiger partial charge in [0.25, 0.3) is 0 Å². The Bertz CT molecular complexity index is 235. The van der Waals surface area contributed by atoms with Gasteiger partial charge in [0.2, 0.25) is 0 Å². The van der Waals surface area contributed by atoms with E-state index < -0.39 is 16.5 Å². The summed E-state index contributed by atoms with van der Waals surface area (Å²) < 4.78 is 30.5. The number of hydrogen-bond donors (Lipinski definition) is 2. The summed E-state index contributed by atoms with van der Waals surface area (Å²) in [6.45, 7) is 3.64. The van der Waals surface area contributed by atoms with E-state index in [1.54, 1.807) is 6.92 Å². The van der Waals surface area contributed by atoms with Crippen LogP contribution >= 0.6 is 16.5 Å². The first-order valence-corrected chi connectivity index (χ1v) is 7.77. The van der Waals surface area contributed by atoms with E-state index in [1.165, 1.54) is 0 Å². The lowest BCUT2D eigenvalue weighted by molar-refractivity contribution is 0.135. The van der Waals surface area contributed by atoms with E-state index in [2.05, 4.69) is 0 Å². The van der Waals surface area contributed by atoms with Gasteiger partial charge in [0.05, 0.1) is 12.2 Å². The lowest BCUT2D eigenvalue weighted by Gasteiger charge is -2.17. The lowest BCUT2D eigenvalue weighted by Crippen LogP contribution is -2.13. The molecule has 16 heavy (non-hydrogen) atoms. The molecule has 0 aliphatic heterocycles. The Morgan fingerprint density at radius 1 is 1.06 bits per heavy atom. The largest absolute Gasteiger partial charge is 0.326 e. The van der Waals surface area contributed by atoms with Crippen molar-refractivity contribution in [2.24, 2.45) is 0 Å². The Morgan fingerprint density at radius 3 is 2.06 bits per heavy atom. The summed E-state index contributed by atoms with van der Waals surface area (Å²) in [5.41, 5.74) is 0. The van der Waals surface area contributed by atoms with Crippen LogP contribution in [0, 0.1) is 0 Å². The minimum atomic E-state index is -2.92. The van der Waals surface area contributed by atoms with Crippen LogP contribution in [-0.2, 0) is 18.2 Å². The molecule has 8 heteroatoms. The molecule has 4 atom stereocenters. The molecule has 0 aliphatic carbocycles. The van der Waals surface area contributed by atoms with Gasteiger partial charge in [-0.1, -0.05) is 13.3 Å². The highest BCUT2D eigenvalue weighted by Gasteiger charge is 2.13. The Hall–Kier alpha value is 0.300. The van der Waals surface area contributed by atoms with Crippen molar-refractivity contribution in [3.05, 3.63) is 0 Å². The van der Waals surface area contributed by atoms with Crippen LogP contribution in [0.3, 0.4) is 0 Å². The van der Waals surface area contributed by atoms with Gasteiger partial charge in [-0.15, -0.1) is 0 Å². The molecule has 0 aromatic carbocycles. The molecule has 2 N–H and O–H groups in total. The second-order valence-corrected chi connectivity index (χ2v) is 5.10. The summed E-state index contributed by atoms with van der Waals surface area (Å²) in [4.78, 5) is 17.2. The maximum Gasteiger partial charge on any atom is 0.316 e. The lowest BCUT2D eigenvalue weighted by atomic mass is 10.1. The maximum atomic E-state index is 10.6. The predicted octanol–water partition coefficient (Wildman–Crippen LogP) is 2.12. The maximum absolute atomic E-state index is 10.6. The normalized spacial score (nSPS) is 19.0. The van der Waals surface area contributed by atoms with Gasteiger partial charge in [0.15, 0.2) is 0 Å². The second-order valence-electron chi connectivity index (χ2n) is 3.57. The van der Waals surface area contributed by atoms with E-state index in [4.69, 9.17) is 18.8 Å². The van der Waals surface area contributed by atoms with Crippen molar-refractivity contribution in [2.75, 3.05) is 0 Å². The Kier molecular flexibility index (Phi) is 9.52. The van der Waals surface area contributed by atoms with Gasteiger partial charge in [-0.25, -0.2) is 0 Å². The third-order valence-corrected chi connectivity index (χ3v) is 3.21. The van der Waals surface area contributed by atoms with E-state index in [9.17, 15) is 9.13 Å². The highest BCUT2D eigenvalue weighted by molar-refractivity contribution is 7.32. The summed E-state index contributed by atoms with van der Waals surface area (Å²) >= 11 is 0. The van der Waals surface area contributed by atoms with Crippen LogP contribution in [0.15, 0.2) is 0 Å². The third-order valence-electron chi connectivity index (χ3n) is 2.08. The first kappa shape index (κ1) is 16.3. The van der Waals surface area contributed by atoms with E-state index in [0.29, 0.717) is 19.3 Å². The molecule has 0 aliphatic rings. The molecule has 0 spiro atoms. The van der Waals surface area contributed by atoms with Gasteiger partial charge in [0.1, 0.15) is 0 Å². The van der Waals surface area contributed by atoms with Crippen molar-refractivity contribution in [3.8, 4) is 0 Å². The smallest absolute Gasteiger partial charge is 0.316 e. The molecule has 0 saturated heterocycles. The zero-order chi connectivity index (χ0) is 12.6. The molecule has 0 saturated carbocycles. The molecule has 0 heterocycles. The van der Waals surface area contributed by atoms with Crippen LogP contribution in [0.5, 0.6) is 0 Å². The summed E-state index contributed by atoms with van der Waals surface area (Å²) in [5.74, 6) is 0. The van der Waals surface area contributed by atoms with Crippen LogP contribution in [0.25, 0.3) is 0 Å². The van der Waals surface area contributed by atoms with Gasteiger partial charge in [-0.2, -0.15) is 0 Å². The fourth-order valence-corrected chi connectivity index (χ4v) is 2.36. The molecule has 0 amide bonds. The standard InChI is InChI=1S/C8H20O6P2/c1-3-4-8(14-16(11)12)6-5-7(2)13-15(9)10/h7-8,15-16H,3-6H2,1-2H3,(H,9,10)(H,11,12)/t7-,8+/m0/s1. The van der Waals surface area contributed by atoms with Crippen LogP contribution in [-0.4, -0.2) is 22.0 Å². The average molecular weight is 274 g/mol. The van der Waals surface area contributed by atoms with Crippen LogP contribution < -0.4 is 0 Å². The Labute approximate surface area is 96.9 Å². The van der Waals surface area contributed by atoms with Gasteiger partial charge >= 0.3 is 16.5 Å². The summed E-state index contributed by atoms with van der Waals surface area (Å²) in [5, 5.41) is 0. The zero-order valence-corrected chi connectivity index (χ0v) is 11.5. The third kappa shape index (κ3) is 9.52. The van der Waals surface area contributed by atoms with Crippen molar-refractivity contribution in [2.45, 2.75) is 51.7 Å².